The number of para-hydroxylation sites is 2. The number of benzene rings is 1. The number of hydrogen-bond acceptors (Lipinski definition) is 6. The molecule has 166 valence electrons. The van der Waals surface area contributed by atoms with Crippen molar-refractivity contribution in [2.24, 2.45) is 5.10 Å². The molecule has 0 fully saturated rings. The van der Waals surface area contributed by atoms with Gasteiger partial charge in [-0.15, -0.1) is 0 Å². The highest BCUT2D eigenvalue weighted by atomic mass is 16.1. The third-order valence-corrected chi connectivity index (χ3v) is 5.82. The molecule has 0 saturated heterocycles. The molecule has 8 nitrogen and oxygen atoms in total. The maximum absolute atomic E-state index is 13.2. The predicted molar refractivity (Wildman–Crippen MR) is 130 cm³/mol. The molecule has 1 aliphatic carbocycles. The fraction of sp³-hybridized carbons (Fsp3) is 0.240. The minimum Gasteiger partial charge on any atom is -0.383 e. The zero-order chi connectivity index (χ0) is 22.6. The Morgan fingerprint density at radius 2 is 2.00 bits per heavy atom. The number of nitrogen functional groups attached to an aromatic ring is 1. The number of nitrogens with two attached hydrogens (primary N) is 1. The number of carbonyl (C=O) groups excluding carboxylic acids is 1. The molecular formula is C25H25N7O. The van der Waals surface area contributed by atoms with Gasteiger partial charge in [-0.1, -0.05) is 29.8 Å². The van der Waals surface area contributed by atoms with Crippen LogP contribution in [-0.2, 0) is 0 Å². The molecule has 0 radical (unpaired) electrons. The minimum atomic E-state index is -0.270. The van der Waals surface area contributed by atoms with Crippen molar-refractivity contribution in [2.45, 2.75) is 32.1 Å². The van der Waals surface area contributed by atoms with E-state index in [-0.39, 0.29) is 11.7 Å². The van der Waals surface area contributed by atoms with Gasteiger partial charge in [-0.3, -0.25) is 9.78 Å². The minimum absolute atomic E-state index is 0.204. The molecule has 1 amide bonds. The lowest BCUT2D eigenvalue weighted by Gasteiger charge is -2.12. The highest BCUT2D eigenvalue weighted by Gasteiger charge is 2.24. The highest BCUT2D eigenvalue weighted by molar-refractivity contribution is 6.10. The highest BCUT2D eigenvalue weighted by Crippen LogP contribution is 2.28. The van der Waals surface area contributed by atoms with Crippen molar-refractivity contribution in [1.29, 1.82) is 0 Å². The maximum atomic E-state index is 13.2. The van der Waals surface area contributed by atoms with Crippen molar-refractivity contribution >= 4 is 40.1 Å². The van der Waals surface area contributed by atoms with Crippen LogP contribution in [0.1, 0.15) is 48.0 Å². The van der Waals surface area contributed by atoms with Crippen LogP contribution in [0.15, 0.2) is 65.5 Å². The molecule has 0 aliphatic heterocycles. The summed E-state index contributed by atoms with van der Waals surface area (Å²) < 4.78 is 1.47. The van der Waals surface area contributed by atoms with Crippen molar-refractivity contribution in [2.75, 3.05) is 12.3 Å². The van der Waals surface area contributed by atoms with Crippen LogP contribution in [0.2, 0.25) is 0 Å². The first-order chi connectivity index (χ1) is 16.2. The van der Waals surface area contributed by atoms with Gasteiger partial charge in [-0.05, 0) is 50.3 Å². The number of fused-ring (bicyclic) bond motifs is 2. The molecule has 8 heteroatoms. The average Bonchev–Trinajstić information content (AvgIpc) is 3.12. The second-order valence-electron chi connectivity index (χ2n) is 8.10. The fourth-order valence-electron chi connectivity index (χ4n) is 4.12. The van der Waals surface area contributed by atoms with Crippen LogP contribution >= 0.6 is 0 Å². The van der Waals surface area contributed by atoms with E-state index < -0.39 is 0 Å². The van der Waals surface area contributed by atoms with Crippen LogP contribution in [-0.4, -0.2) is 38.3 Å². The Morgan fingerprint density at radius 1 is 1.15 bits per heavy atom. The van der Waals surface area contributed by atoms with Crippen LogP contribution in [0.25, 0.3) is 22.2 Å². The zero-order valence-corrected chi connectivity index (χ0v) is 18.2. The van der Waals surface area contributed by atoms with Crippen molar-refractivity contribution in [3.63, 3.8) is 0 Å². The molecule has 0 unspecified atom stereocenters. The monoisotopic (exact) mass is 439 g/mol. The number of anilines is 1. The third kappa shape index (κ3) is 4.32. The molecule has 5 rings (SSSR count). The van der Waals surface area contributed by atoms with Gasteiger partial charge in [-0.25, -0.2) is 9.97 Å². The van der Waals surface area contributed by atoms with Gasteiger partial charge in [0.15, 0.2) is 5.65 Å². The standard InChI is InChI=1S/C25H25N7O/c26-23-21(25(33)28-14-12-17-7-2-1-3-8-17)22-24(31-20-11-5-4-10-19(20)30-22)32(23)29-16-18-9-6-13-27-15-18/h4-7,9-11,13,15-16H,1-3,8,12,14,26H2,(H,28,33). The Bertz CT molecular complexity index is 1370. The number of aromatic nitrogens is 4. The number of amides is 1. The number of hydrogen-bond donors (Lipinski definition) is 2. The van der Waals surface area contributed by atoms with E-state index in [0.717, 1.165) is 24.8 Å². The first-order valence-corrected chi connectivity index (χ1v) is 11.2. The molecule has 0 spiro atoms. The number of nitrogens with one attached hydrogen (secondary N) is 1. The van der Waals surface area contributed by atoms with E-state index in [4.69, 9.17) is 15.7 Å². The van der Waals surface area contributed by atoms with E-state index in [2.05, 4.69) is 21.5 Å². The van der Waals surface area contributed by atoms with Crippen LogP contribution < -0.4 is 11.1 Å². The van der Waals surface area contributed by atoms with Gasteiger partial charge in [0, 0.05) is 24.5 Å². The van der Waals surface area contributed by atoms with Gasteiger partial charge in [0.2, 0.25) is 0 Å². The summed E-state index contributed by atoms with van der Waals surface area (Å²) >= 11 is 0. The average molecular weight is 440 g/mol. The molecule has 0 saturated carbocycles. The largest absolute Gasteiger partial charge is 0.383 e. The first-order valence-electron chi connectivity index (χ1n) is 11.2. The summed E-state index contributed by atoms with van der Waals surface area (Å²) in [4.78, 5) is 26.7. The van der Waals surface area contributed by atoms with E-state index in [0.29, 0.717) is 34.3 Å². The summed E-state index contributed by atoms with van der Waals surface area (Å²) in [7, 11) is 0. The summed E-state index contributed by atoms with van der Waals surface area (Å²) in [5.41, 5.74) is 11.2. The lowest BCUT2D eigenvalue weighted by molar-refractivity contribution is 0.0956. The molecule has 3 N–H and O–H groups in total. The Balaban J connectivity index is 1.52. The van der Waals surface area contributed by atoms with Crippen molar-refractivity contribution < 1.29 is 4.79 Å². The number of nitrogens with zero attached hydrogens (tertiary/aromatic N) is 5. The molecule has 3 aromatic heterocycles. The van der Waals surface area contributed by atoms with Gasteiger partial charge >= 0.3 is 0 Å². The van der Waals surface area contributed by atoms with E-state index >= 15 is 0 Å². The molecule has 3 heterocycles. The molecule has 4 aromatic rings. The van der Waals surface area contributed by atoms with Crippen LogP contribution in [0.5, 0.6) is 0 Å². The number of rotatable bonds is 6. The smallest absolute Gasteiger partial charge is 0.257 e. The Kier molecular flexibility index (Phi) is 5.80. The quantitative estimate of drug-likeness (QED) is 0.348. The van der Waals surface area contributed by atoms with Crippen LogP contribution in [0.3, 0.4) is 0 Å². The normalized spacial score (nSPS) is 14.1. The van der Waals surface area contributed by atoms with Gasteiger partial charge in [0.1, 0.15) is 16.9 Å². The summed E-state index contributed by atoms with van der Waals surface area (Å²) in [6.07, 6.45) is 12.9. The zero-order valence-electron chi connectivity index (χ0n) is 18.2. The molecule has 1 aromatic carbocycles. The topological polar surface area (TPSA) is 111 Å². The summed E-state index contributed by atoms with van der Waals surface area (Å²) in [5, 5.41) is 7.51. The van der Waals surface area contributed by atoms with E-state index in [1.807, 2.05) is 36.4 Å². The van der Waals surface area contributed by atoms with Gasteiger partial charge in [0.05, 0.1) is 17.2 Å². The molecule has 0 atom stereocenters. The van der Waals surface area contributed by atoms with E-state index in [1.54, 1.807) is 18.6 Å². The SMILES string of the molecule is Nc1c(C(=O)NCCC2=CCCCC2)c2nc3ccccc3nc2n1N=Cc1cccnc1. The predicted octanol–water partition coefficient (Wildman–Crippen LogP) is 4.06. The summed E-state index contributed by atoms with van der Waals surface area (Å²) in [6.45, 7) is 0.552. The van der Waals surface area contributed by atoms with E-state index in [9.17, 15) is 4.79 Å². The van der Waals surface area contributed by atoms with Gasteiger partial charge in [-0.2, -0.15) is 9.78 Å². The van der Waals surface area contributed by atoms with Crippen molar-refractivity contribution in [1.82, 2.24) is 24.9 Å². The summed E-state index contributed by atoms with van der Waals surface area (Å²) in [5.74, 6) is -0.0661. The number of allylic oxidation sites excluding steroid dienone is 1. The molecule has 1 aliphatic rings. The van der Waals surface area contributed by atoms with E-state index in [1.165, 1.54) is 23.1 Å². The number of pyridine rings is 1. The Hall–Kier alpha value is -4.07. The second kappa shape index (κ2) is 9.20. The Morgan fingerprint density at radius 3 is 2.76 bits per heavy atom. The Labute approximate surface area is 191 Å². The maximum Gasteiger partial charge on any atom is 0.257 e. The molecular weight excluding hydrogens is 414 g/mol. The first kappa shape index (κ1) is 20.8. The van der Waals surface area contributed by atoms with Crippen molar-refractivity contribution in [3.05, 3.63) is 71.6 Å². The summed E-state index contributed by atoms with van der Waals surface area (Å²) in [6, 6.07) is 11.2. The van der Waals surface area contributed by atoms with Gasteiger partial charge < -0.3 is 11.1 Å². The van der Waals surface area contributed by atoms with Crippen LogP contribution in [0, 0.1) is 0 Å². The number of carbonyl (C=O) groups is 1. The second-order valence-corrected chi connectivity index (χ2v) is 8.10. The lowest BCUT2D eigenvalue weighted by atomic mass is 9.97. The fourth-order valence-corrected chi connectivity index (χ4v) is 4.12. The lowest BCUT2D eigenvalue weighted by Crippen LogP contribution is -2.25. The van der Waals surface area contributed by atoms with Gasteiger partial charge in [0.25, 0.3) is 5.91 Å². The van der Waals surface area contributed by atoms with Crippen LogP contribution in [0.4, 0.5) is 5.82 Å². The molecule has 0 bridgehead atoms. The van der Waals surface area contributed by atoms with Crippen molar-refractivity contribution in [3.8, 4) is 0 Å². The third-order valence-electron chi connectivity index (χ3n) is 5.82. The molecule has 33 heavy (non-hydrogen) atoms.